The molecule has 1 atom stereocenters. The molecule has 0 unspecified atom stereocenters. The third kappa shape index (κ3) is 3.88. The van der Waals surface area contributed by atoms with Gasteiger partial charge < -0.3 is 9.26 Å². The lowest BCUT2D eigenvalue weighted by molar-refractivity contribution is 0.101. The first-order valence-corrected chi connectivity index (χ1v) is 8.22. The number of ketones is 1. The number of thioether (sulfide) groups is 1. The van der Waals surface area contributed by atoms with Crippen molar-refractivity contribution in [2.45, 2.75) is 38.2 Å². The van der Waals surface area contributed by atoms with Gasteiger partial charge in [-0.05, 0) is 32.0 Å². The number of aryl methyl sites for hydroxylation is 1. The van der Waals surface area contributed by atoms with E-state index in [-0.39, 0.29) is 11.0 Å². The van der Waals surface area contributed by atoms with Crippen LogP contribution >= 0.6 is 11.8 Å². The van der Waals surface area contributed by atoms with E-state index in [0.29, 0.717) is 17.2 Å². The zero-order chi connectivity index (χ0) is 16.1. The number of ether oxygens (including phenoxy) is 1. The summed E-state index contributed by atoms with van der Waals surface area (Å²) in [5.74, 6) is 2.88. The average Bonchev–Trinajstić information content (AvgIpc) is 3.01. The molecule has 0 saturated heterocycles. The van der Waals surface area contributed by atoms with Gasteiger partial charge in [0.05, 0.1) is 12.4 Å². The quantitative estimate of drug-likeness (QED) is 0.722. The van der Waals surface area contributed by atoms with Gasteiger partial charge in [0.1, 0.15) is 5.75 Å². The van der Waals surface area contributed by atoms with Crippen molar-refractivity contribution in [3.63, 3.8) is 0 Å². The Morgan fingerprint density at radius 2 is 2.23 bits per heavy atom. The predicted octanol–water partition coefficient (Wildman–Crippen LogP) is 3.84. The zero-order valence-electron chi connectivity index (χ0n) is 13.3. The summed E-state index contributed by atoms with van der Waals surface area (Å²) in [6.45, 7) is 5.58. The molecule has 2 rings (SSSR count). The number of benzene rings is 1. The van der Waals surface area contributed by atoms with Crippen LogP contribution in [0.15, 0.2) is 22.7 Å². The van der Waals surface area contributed by atoms with Crippen molar-refractivity contribution < 1.29 is 14.1 Å². The average molecular weight is 320 g/mol. The molecule has 2 aromatic rings. The number of rotatable bonds is 7. The lowest BCUT2D eigenvalue weighted by Crippen LogP contribution is -1.98. The number of nitrogens with zero attached hydrogens (tertiary/aromatic N) is 2. The van der Waals surface area contributed by atoms with Crippen LogP contribution in [0.2, 0.25) is 0 Å². The number of hydrogen-bond donors (Lipinski definition) is 0. The lowest BCUT2D eigenvalue weighted by atomic mass is 10.1. The van der Waals surface area contributed by atoms with Gasteiger partial charge in [-0.2, -0.15) is 4.98 Å². The van der Waals surface area contributed by atoms with Crippen molar-refractivity contribution in [1.29, 1.82) is 0 Å². The molecule has 22 heavy (non-hydrogen) atoms. The second-order valence-corrected chi connectivity index (χ2v) is 6.27. The van der Waals surface area contributed by atoms with Crippen LogP contribution in [-0.4, -0.2) is 23.0 Å². The van der Waals surface area contributed by atoms with Crippen molar-refractivity contribution in [1.82, 2.24) is 10.1 Å². The van der Waals surface area contributed by atoms with E-state index in [1.54, 1.807) is 31.9 Å². The highest BCUT2D eigenvalue weighted by Gasteiger charge is 2.16. The van der Waals surface area contributed by atoms with Gasteiger partial charge in [-0.1, -0.05) is 12.1 Å². The Morgan fingerprint density at radius 1 is 1.45 bits per heavy atom. The standard InChI is InChI=1S/C16H20N2O3S/c1-5-15-17-16(21-18-15)11(3)22-9-13-8-12(10(2)19)6-7-14(13)20-4/h6-8,11H,5,9H2,1-4H3/t11-/m0/s1. The summed E-state index contributed by atoms with van der Waals surface area (Å²) in [6, 6.07) is 5.50. The summed E-state index contributed by atoms with van der Waals surface area (Å²) in [6.07, 6.45) is 0.759. The van der Waals surface area contributed by atoms with Crippen LogP contribution in [0.1, 0.15) is 53.7 Å². The minimum atomic E-state index is 0.0476. The van der Waals surface area contributed by atoms with Gasteiger partial charge in [-0.15, -0.1) is 11.8 Å². The Balaban J connectivity index is 2.09. The second-order valence-electron chi connectivity index (χ2n) is 4.94. The second kappa shape index (κ2) is 7.45. The zero-order valence-corrected chi connectivity index (χ0v) is 14.1. The lowest BCUT2D eigenvalue weighted by Gasteiger charge is -2.11. The Morgan fingerprint density at radius 3 is 2.82 bits per heavy atom. The molecule has 0 radical (unpaired) electrons. The smallest absolute Gasteiger partial charge is 0.239 e. The molecule has 1 aromatic carbocycles. The maximum atomic E-state index is 11.5. The van der Waals surface area contributed by atoms with E-state index in [2.05, 4.69) is 10.1 Å². The highest BCUT2D eigenvalue weighted by Crippen LogP contribution is 2.33. The molecule has 0 aliphatic heterocycles. The molecule has 0 aliphatic rings. The Kier molecular flexibility index (Phi) is 5.60. The molecule has 5 nitrogen and oxygen atoms in total. The molecule has 6 heteroatoms. The summed E-state index contributed by atoms with van der Waals surface area (Å²) >= 11 is 1.67. The Labute approximate surface area is 134 Å². The minimum absolute atomic E-state index is 0.0476. The van der Waals surface area contributed by atoms with Gasteiger partial charge in [-0.25, -0.2) is 0 Å². The van der Waals surface area contributed by atoms with Crippen LogP contribution in [-0.2, 0) is 12.2 Å². The van der Waals surface area contributed by atoms with E-state index >= 15 is 0 Å². The molecule has 0 N–H and O–H groups in total. The molecular formula is C16H20N2O3S. The fraction of sp³-hybridized carbons (Fsp3) is 0.438. The number of carbonyl (C=O) groups excluding carboxylic acids is 1. The van der Waals surface area contributed by atoms with Crippen molar-refractivity contribution in [2.75, 3.05) is 7.11 Å². The number of aromatic nitrogens is 2. The van der Waals surface area contributed by atoms with Crippen LogP contribution in [0.5, 0.6) is 5.75 Å². The summed E-state index contributed by atoms with van der Waals surface area (Å²) in [7, 11) is 1.63. The summed E-state index contributed by atoms with van der Waals surface area (Å²) in [5.41, 5.74) is 1.68. The highest BCUT2D eigenvalue weighted by atomic mass is 32.2. The summed E-state index contributed by atoms with van der Waals surface area (Å²) < 4.78 is 10.6. The first-order chi connectivity index (χ1) is 10.5. The molecule has 118 valence electrons. The predicted molar refractivity (Wildman–Crippen MR) is 86.4 cm³/mol. The Hall–Kier alpha value is -1.82. The highest BCUT2D eigenvalue weighted by molar-refractivity contribution is 7.98. The van der Waals surface area contributed by atoms with Crippen LogP contribution < -0.4 is 4.74 Å². The third-order valence-corrected chi connectivity index (χ3v) is 4.50. The van der Waals surface area contributed by atoms with Crippen molar-refractivity contribution in [2.24, 2.45) is 0 Å². The van der Waals surface area contributed by atoms with E-state index in [0.717, 1.165) is 23.6 Å². The first kappa shape index (κ1) is 16.5. The van der Waals surface area contributed by atoms with Crippen LogP contribution in [0, 0.1) is 0 Å². The van der Waals surface area contributed by atoms with E-state index in [1.807, 2.05) is 26.0 Å². The topological polar surface area (TPSA) is 65.2 Å². The SMILES string of the molecule is CCc1noc([C@H](C)SCc2cc(C(C)=O)ccc2OC)n1. The van der Waals surface area contributed by atoms with Crippen LogP contribution in [0.25, 0.3) is 0 Å². The maximum Gasteiger partial charge on any atom is 0.239 e. The van der Waals surface area contributed by atoms with E-state index in [9.17, 15) is 4.79 Å². The number of methoxy groups -OCH3 is 1. The molecule has 0 bridgehead atoms. The first-order valence-electron chi connectivity index (χ1n) is 7.17. The van der Waals surface area contributed by atoms with E-state index < -0.39 is 0 Å². The van der Waals surface area contributed by atoms with Gasteiger partial charge in [0.25, 0.3) is 0 Å². The van der Waals surface area contributed by atoms with E-state index in [4.69, 9.17) is 9.26 Å². The normalized spacial score (nSPS) is 12.2. The number of hydrogen-bond acceptors (Lipinski definition) is 6. The van der Waals surface area contributed by atoms with Crippen molar-refractivity contribution in [3.8, 4) is 5.75 Å². The fourth-order valence-corrected chi connectivity index (χ4v) is 2.87. The molecule has 1 heterocycles. The maximum absolute atomic E-state index is 11.5. The number of Topliss-reactive ketones (excluding diaryl/α,β-unsaturated/α-hetero) is 1. The molecule has 0 amide bonds. The van der Waals surface area contributed by atoms with Gasteiger partial charge in [0.15, 0.2) is 11.6 Å². The molecule has 0 saturated carbocycles. The minimum Gasteiger partial charge on any atom is -0.496 e. The van der Waals surface area contributed by atoms with Crippen LogP contribution in [0.3, 0.4) is 0 Å². The summed E-state index contributed by atoms with van der Waals surface area (Å²) in [5, 5.41) is 3.99. The van der Waals surface area contributed by atoms with Crippen molar-refractivity contribution in [3.05, 3.63) is 41.0 Å². The summed E-state index contributed by atoms with van der Waals surface area (Å²) in [4.78, 5) is 15.9. The molecule has 0 fully saturated rings. The molecule has 0 spiro atoms. The Bertz CT molecular complexity index is 655. The monoisotopic (exact) mass is 320 g/mol. The number of carbonyl (C=O) groups is 1. The third-order valence-electron chi connectivity index (χ3n) is 3.32. The van der Waals surface area contributed by atoms with Crippen molar-refractivity contribution >= 4 is 17.5 Å². The van der Waals surface area contributed by atoms with Crippen LogP contribution in [0.4, 0.5) is 0 Å². The molecule has 1 aromatic heterocycles. The van der Waals surface area contributed by atoms with Gasteiger partial charge >= 0.3 is 0 Å². The van der Waals surface area contributed by atoms with Gasteiger partial charge in [-0.3, -0.25) is 4.79 Å². The fourth-order valence-electron chi connectivity index (χ4n) is 1.97. The van der Waals surface area contributed by atoms with E-state index in [1.165, 1.54) is 0 Å². The van der Waals surface area contributed by atoms with Gasteiger partial charge in [0, 0.05) is 23.3 Å². The van der Waals surface area contributed by atoms with Gasteiger partial charge in [0.2, 0.25) is 5.89 Å². The molecule has 0 aliphatic carbocycles. The largest absolute Gasteiger partial charge is 0.496 e. The molecular weight excluding hydrogens is 300 g/mol.